The van der Waals surface area contributed by atoms with E-state index in [9.17, 15) is 4.79 Å². The molecule has 3 N–H and O–H groups in total. The van der Waals surface area contributed by atoms with Crippen LogP contribution in [-0.2, 0) is 4.79 Å². The molecule has 2 heterocycles. The van der Waals surface area contributed by atoms with Crippen LogP contribution in [-0.4, -0.2) is 23.0 Å². The lowest BCUT2D eigenvalue weighted by molar-refractivity contribution is -0.121. The minimum absolute atomic E-state index is 0.0584. The highest BCUT2D eigenvalue weighted by Crippen LogP contribution is 2.34. The number of aliphatic imine (C=N–C) groups is 1. The predicted octanol–water partition coefficient (Wildman–Crippen LogP) is 2.84. The topological polar surface area (TPSA) is 67.5 Å². The Hall–Kier alpha value is -1.74. The van der Waals surface area contributed by atoms with Crippen LogP contribution < -0.4 is 11.1 Å². The van der Waals surface area contributed by atoms with Crippen molar-refractivity contribution in [2.45, 2.75) is 32.2 Å². The van der Waals surface area contributed by atoms with E-state index in [1.807, 2.05) is 39.0 Å². The van der Waals surface area contributed by atoms with E-state index < -0.39 is 6.17 Å². The fourth-order valence-corrected chi connectivity index (χ4v) is 4.02. The highest BCUT2D eigenvalue weighted by Gasteiger charge is 2.30. The molecular weight excluding hydrogens is 342 g/mol. The SMILES string of the molecule is Cc1cc(Cl)ccc1C1=NC(N)C(=O)NC2=C1C(C)C#CC(C)S2. The molecule has 1 aromatic carbocycles. The van der Waals surface area contributed by atoms with Crippen molar-refractivity contribution in [3.05, 3.63) is 45.0 Å². The van der Waals surface area contributed by atoms with Gasteiger partial charge in [-0.05, 0) is 38.5 Å². The Labute approximate surface area is 150 Å². The van der Waals surface area contributed by atoms with Gasteiger partial charge in [-0.25, -0.2) is 0 Å². The number of carbonyl (C=O) groups is 1. The maximum Gasteiger partial charge on any atom is 0.264 e. The van der Waals surface area contributed by atoms with Crippen molar-refractivity contribution in [3.63, 3.8) is 0 Å². The molecule has 2 aliphatic heterocycles. The van der Waals surface area contributed by atoms with E-state index in [0.717, 1.165) is 21.7 Å². The molecule has 2 aliphatic rings. The van der Waals surface area contributed by atoms with Gasteiger partial charge in [-0.3, -0.25) is 9.79 Å². The molecule has 0 aromatic heterocycles. The molecule has 1 aromatic rings. The first kappa shape index (κ1) is 17.1. The molecule has 3 rings (SSSR count). The van der Waals surface area contributed by atoms with Crippen molar-refractivity contribution in [3.8, 4) is 11.8 Å². The fraction of sp³-hybridized carbons (Fsp3) is 0.333. The van der Waals surface area contributed by atoms with E-state index in [-0.39, 0.29) is 17.1 Å². The minimum atomic E-state index is -0.946. The largest absolute Gasteiger partial charge is 0.317 e. The van der Waals surface area contributed by atoms with Gasteiger partial charge in [0.2, 0.25) is 0 Å². The number of benzene rings is 1. The van der Waals surface area contributed by atoms with E-state index in [2.05, 4.69) is 22.2 Å². The Morgan fingerprint density at radius 1 is 1.33 bits per heavy atom. The molecule has 3 atom stereocenters. The second-order valence-electron chi connectivity index (χ2n) is 5.88. The molecule has 1 amide bonds. The van der Waals surface area contributed by atoms with Gasteiger partial charge in [-0.2, -0.15) is 0 Å². The van der Waals surface area contributed by atoms with Gasteiger partial charge < -0.3 is 11.1 Å². The van der Waals surface area contributed by atoms with Crippen LogP contribution in [0.1, 0.15) is 25.0 Å². The molecule has 24 heavy (non-hydrogen) atoms. The average Bonchev–Trinajstić information content (AvgIpc) is 2.71. The summed E-state index contributed by atoms with van der Waals surface area (Å²) < 4.78 is 0. The number of hydrogen-bond acceptors (Lipinski definition) is 4. The lowest BCUT2D eigenvalue weighted by Gasteiger charge is -2.18. The van der Waals surface area contributed by atoms with Gasteiger partial charge in [0.1, 0.15) is 0 Å². The molecule has 0 spiro atoms. The first-order valence-electron chi connectivity index (χ1n) is 7.70. The van der Waals surface area contributed by atoms with Crippen LogP contribution in [0.25, 0.3) is 0 Å². The van der Waals surface area contributed by atoms with Gasteiger partial charge >= 0.3 is 0 Å². The van der Waals surface area contributed by atoms with Gasteiger partial charge in [0.05, 0.1) is 16.0 Å². The third kappa shape index (κ3) is 3.23. The molecule has 3 unspecified atom stereocenters. The third-order valence-corrected chi connectivity index (χ3v) is 5.21. The molecule has 6 heteroatoms. The molecule has 0 radical (unpaired) electrons. The van der Waals surface area contributed by atoms with E-state index >= 15 is 0 Å². The monoisotopic (exact) mass is 359 g/mol. The van der Waals surface area contributed by atoms with Crippen molar-refractivity contribution in [2.24, 2.45) is 16.6 Å². The van der Waals surface area contributed by atoms with E-state index in [4.69, 9.17) is 17.3 Å². The number of thioether (sulfide) groups is 1. The number of aryl methyl sites for hydroxylation is 1. The smallest absolute Gasteiger partial charge is 0.264 e. The van der Waals surface area contributed by atoms with Crippen molar-refractivity contribution >= 4 is 35.0 Å². The Morgan fingerprint density at radius 3 is 2.79 bits per heavy atom. The molecular formula is C18H18ClN3OS. The molecule has 0 saturated carbocycles. The Kier molecular flexibility index (Phi) is 4.73. The summed E-state index contributed by atoms with van der Waals surface area (Å²) in [5.41, 5.74) is 9.50. The Bertz CT molecular complexity index is 834. The second kappa shape index (κ2) is 6.64. The van der Waals surface area contributed by atoms with Crippen LogP contribution in [0.3, 0.4) is 0 Å². The summed E-state index contributed by atoms with van der Waals surface area (Å²) in [6, 6.07) is 5.62. The van der Waals surface area contributed by atoms with Gasteiger partial charge in [0.15, 0.2) is 6.17 Å². The predicted molar refractivity (Wildman–Crippen MR) is 99.9 cm³/mol. The van der Waals surface area contributed by atoms with E-state index in [1.54, 1.807) is 0 Å². The lowest BCUT2D eigenvalue weighted by atomic mass is 9.91. The number of carbonyl (C=O) groups excluding carboxylic acids is 1. The molecule has 4 nitrogen and oxygen atoms in total. The number of hydrogen-bond donors (Lipinski definition) is 2. The van der Waals surface area contributed by atoms with Crippen molar-refractivity contribution < 1.29 is 4.79 Å². The standard InChI is InChI=1S/C18H18ClN3OS/c1-9-4-5-11(3)24-18-14(9)15(21-16(20)17(23)22-18)13-7-6-12(19)8-10(13)2/h6-9,11,16H,20H2,1-3H3,(H,22,23). The maximum atomic E-state index is 12.3. The zero-order valence-corrected chi connectivity index (χ0v) is 15.3. The zero-order valence-electron chi connectivity index (χ0n) is 13.7. The number of allylic oxidation sites excluding steroid dienone is 1. The lowest BCUT2D eigenvalue weighted by Crippen LogP contribution is -2.37. The van der Waals surface area contributed by atoms with Gasteiger partial charge in [-0.15, -0.1) is 0 Å². The summed E-state index contributed by atoms with van der Waals surface area (Å²) in [7, 11) is 0. The van der Waals surface area contributed by atoms with Crippen molar-refractivity contribution in [1.82, 2.24) is 5.32 Å². The minimum Gasteiger partial charge on any atom is -0.317 e. The average molecular weight is 360 g/mol. The Morgan fingerprint density at radius 2 is 2.08 bits per heavy atom. The Balaban J connectivity index is 2.23. The van der Waals surface area contributed by atoms with Crippen LogP contribution >= 0.6 is 23.4 Å². The maximum absolute atomic E-state index is 12.3. The number of nitrogens with zero attached hydrogens (tertiary/aromatic N) is 1. The van der Waals surface area contributed by atoms with Crippen LogP contribution in [0.2, 0.25) is 5.02 Å². The van der Waals surface area contributed by atoms with Crippen LogP contribution in [0.15, 0.2) is 33.8 Å². The molecule has 0 bridgehead atoms. The van der Waals surface area contributed by atoms with Gasteiger partial charge in [-0.1, -0.05) is 41.3 Å². The number of nitrogens with two attached hydrogens (primary N) is 1. The molecule has 124 valence electrons. The number of rotatable bonds is 1. The van der Waals surface area contributed by atoms with Gasteiger partial charge in [0.25, 0.3) is 5.91 Å². The quantitative estimate of drug-likeness (QED) is 0.758. The summed E-state index contributed by atoms with van der Waals surface area (Å²) in [6.45, 7) is 6.00. The summed E-state index contributed by atoms with van der Waals surface area (Å²) in [5, 5.41) is 4.44. The normalized spacial score (nSPS) is 26.5. The van der Waals surface area contributed by atoms with E-state index in [1.165, 1.54) is 11.8 Å². The molecule has 0 saturated heterocycles. The summed E-state index contributed by atoms with van der Waals surface area (Å²) in [6.07, 6.45) is -0.946. The summed E-state index contributed by atoms with van der Waals surface area (Å²) >= 11 is 7.61. The first-order valence-corrected chi connectivity index (χ1v) is 8.95. The number of amides is 1. The summed E-state index contributed by atoms with van der Waals surface area (Å²) in [5.74, 6) is 6.09. The number of halogens is 1. The fourth-order valence-electron chi connectivity index (χ4n) is 2.75. The van der Waals surface area contributed by atoms with Gasteiger partial charge in [0, 0.05) is 22.1 Å². The highest BCUT2D eigenvalue weighted by atomic mass is 35.5. The summed E-state index contributed by atoms with van der Waals surface area (Å²) in [4.78, 5) is 16.8. The van der Waals surface area contributed by atoms with Crippen molar-refractivity contribution in [1.29, 1.82) is 0 Å². The van der Waals surface area contributed by atoms with Crippen molar-refractivity contribution in [2.75, 3.05) is 0 Å². The second-order valence-corrected chi connectivity index (χ2v) is 7.67. The number of nitrogens with one attached hydrogen (secondary N) is 1. The third-order valence-electron chi connectivity index (χ3n) is 3.95. The highest BCUT2D eigenvalue weighted by molar-refractivity contribution is 8.03. The molecule has 0 aliphatic carbocycles. The van der Waals surface area contributed by atoms with Crippen LogP contribution in [0.4, 0.5) is 0 Å². The molecule has 0 fully saturated rings. The zero-order chi connectivity index (χ0) is 17.4. The van der Waals surface area contributed by atoms with Crippen LogP contribution in [0.5, 0.6) is 0 Å². The first-order chi connectivity index (χ1) is 11.4. The van der Waals surface area contributed by atoms with E-state index in [0.29, 0.717) is 10.7 Å². The van der Waals surface area contributed by atoms with Crippen LogP contribution in [0, 0.1) is 24.7 Å².